The number of thiocarbonyl (C=S) groups is 1. The summed E-state index contributed by atoms with van der Waals surface area (Å²) in [5.41, 5.74) is 3.55. The Labute approximate surface area is 139 Å². The van der Waals surface area contributed by atoms with E-state index in [0.29, 0.717) is 17.4 Å². The van der Waals surface area contributed by atoms with Crippen molar-refractivity contribution in [2.45, 2.75) is 18.9 Å². The van der Waals surface area contributed by atoms with Crippen molar-refractivity contribution in [1.82, 2.24) is 10.7 Å². The zero-order chi connectivity index (χ0) is 16.5. The van der Waals surface area contributed by atoms with Crippen LogP contribution in [-0.2, 0) is 9.53 Å². The fourth-order valence-electron chi connectivity index (χ4n) is 2.01. The van der Waals surface area contributed by atoms with Gasteiger partial charge in [0, 0.05) is 13.2 Å². The molecule has 124 valence electrons. The second-order valence-corrected chi connectivity index (χ2v) is 5.35. The summed E-state index contributed by atoms with van der Waals surface area (Å²) < 4.78 is 10.5. The third-order valence-electron chi connectivity index (χ3n) is 3.13. The van der Waals surface area contributed by atoms with Crippen molar-refractivity contribution in [3.8, 4) is 5.75 Å². The lowest BCUT2D eigenvalue weighted by molar-refractivity contribution is -0.307. The Bertz CT molecular complexity index is 556. The van der Waals surface area contributed by atoms with Crippen LogP contribution in [-0.4, -0.2) is 43.2 Å². The summed E-state index contributed by atoms with van der Waals surface area (Å²) in [5.74, 6) is -0.808. The van der Waals surface area contributed by atoms with Gasteiger partial charge in [-0.25, -0.2) is 0 Å². The van der Waals surface area contributed by atoms with Crippen molar-refractivity contribution < 1.29 is 19.4 Å². The molecule has 1 saturated heterocycles. The fourth-order valence-corrected chi connectivity index (χ4v) is 2.15. The normalized spacial score (nSPS) is 17.1. The molecule has 0 saturated carbocycles. The highest BCUT2D eigenvalue weighted by Gasteiger charge is 2.14. The lowest BCUT2D eigenvalue weighted by Gasteiger charge is -2.11. The van der Waals surface area contributed by atoms with Crippen LogP contribution in [0.2, 0.25) is 0 Å². The van der Waals surface area contributed by atoms with E-state index in [1.807, 2.05) is 0 Å². The van der Waals surface area contributed by atoms with Gasteiger partial charge in [-0.05, 0) is 54.9 Å². The van der Waals surface area contributed by atoms with Crippen LogP contribution in [0.1, 0.15) is 18.4 Å². The molecule has 0 radical (unpaired) electrons. The Morgan fingerprint density at radius 2 is 2.26 bits per heavy atom. The summed E-state index contributed by atoms with van der Waals surface area (Å²) >= 11 is 5.11. The highest BCUT2D eigenvalue weighted by Crippen LogP contribution is 2.11. The molecule has 23 heavy (non-hydrogen) atoms. The molecule has 1 aromatic rings. The largest absolute Gasteiger partial charge is 0.546 e. The molecule has 2 rings (SSSR count). The van der Waals surface area contributed by atoms with Gasteiger partial charge in [-0.2, -0.15) is 5.10 Å². The first-order valence-corrected chi connectivity index (χ1v) is 7.65. The third kappa shape index (κ3) is 6.62. The van der Waals surface area contributed by atoms with Gasteiger partial charge in [-0.1, -0.05) is 0 Å². The first-order chi connectivity index (χ1) is 11.1. The fraction of sp³-hybridized carbons (Fsp3) is 0.400. The van der Waals surface area contributed by atoms with E-state index in [4.69, 9.17) is 21.7 Å². The molecular weight excluding hydrogens is 318 g/mol. The van der Waals surface area contributed by atoms with E-state index < -0.39 is 12.6 Å². The summed E-state index contributed by atoms with van der Waals surface area (Å²) in [4.78, 5) is 10.3. The minimum Gasteiger partial charge on any atom is -0.546 e. The van der Waals surface area contributed by atoms with Gasteiger partial charge >= 0.3 is 0 Å². The van der Waals surface area contributed by atoms with Crippen LogP contribution in [0.5, 0.6) is 5.75 Å². The third-order valence-corrected chi connectivity index (χ3v) is 3.37. The van der Waals surface area contributed by atoms with Gasteiger partial charge in [0.2, 0.25) is 0 Å². The average Bonchev–Trinajstić information content (AvgIpc) is 3.05. The van der Waals surface area contributed by atoms with E-state index in [9.17, 15) is 9.90 Å². The van der Waals surface area contributed by atoms with Gasteiger partial charge in [0.15, 0.2) is 5.11 Å². The average molecular weight is 336 g/mol. The van der Waals surface area contributed by atoms with Crippen molar-refractivity contribution >= 4 is 29.5 Å². The molecule has 0 spiro atoms. The number of carbonyl (C=O) groups excluding carboxylic acids is 1. The van der Waals surface area contributed by atoms with Crippen molar-refractivity contribution in [3.63, 3.8) is 0 Å². The second-order valence-electron chi connectivity index (χ2n) is 4.94. The molecule has 1 aromatic carbocycles. The highest BCUT2D eigenvalue weighted by atomic mass is 32.1. The van der Waals surface area contributed by atoms with E-state index in [2.05, 4.69) is 15.8 Å². The van der Waals surface area contributed by atoms with E-state index in [1.54, 1.807) is 30.5 Å². The number of hydrazone groups is 1. The maximum Gasteiger partial charge on any atom is 0.187 e. The monoisotopic (exact) mass is 336 g/mol. The molecule has 0 bridgehead atoms. The van der Waals surface area contributed by atoms with Gasteiger partial charge in [-0.15, -0.1) is 0 Å². The number of aliphatic carboxylic acids is 1. The molecule has 1 aliphatic rings. The number of carboxylic acid groups (broad SMARTS) is 1. The molecule has 0 aromatic heterocycles. The molecular formula is C15H18N3O4S-. The van der Waals surface area contributed by atoms with Crippen molar-refractivity contribution in [2.75, 3.05) is 19.8 Å². The maximum absolute atomic E-state index is 10.3. The Hall–Kier alpha value is -2.19. The Kier molecular flexibility index (Phi) is 6.76. The predicted molar refractivity (Wildman–Crippen MR) is 87.2 cm³/mol. The summed E-state index contributed by atoms with van der Waals surface area (Å²) in [6, 6.07) is 6.80. The summed E-state index contributed by atoms with van der Waals surface area (Å²) in [6.45, 7) is 1.01. The van der Waals surface area contributed by atoms with E-state index in [0.717, 1.165) is 25.0 Å². The van der Waals surface area contributed by atoms with E-state index in [-0.39, 0.29) is 6.10 Å². The Morgan fingerprint density at radius 1 is 1.48 bits per heavy atom. The van der Waals surface area contributed by atoms with Crippen molar-refractivity contribution in [3.05, 3.63) is 29.8 Å². The van der Waals surface area contributed by atoms with Crippen LogP contribution in [0.3, 0.4) is 0 Å². The molecule has 1 aliphatic heterocycles. The van der Waals surface area contributed by atoms with Crippen molar-refractivity contribution in [2.24, 2.45) is 5.10 Å². The van der Waals surface area contributed by atoms with Crippen molar-refractivity contribution in [1.29, 1.82) is 0 Å². The first-order valence-electron chi connectivity index (χ1n) is 7.25. The molecule has 0 aliphatic carbocycles. The number of carbonyl (C=O) groups is 1. The van der Waals surface area contributed by atoms with Crippen LogP contribution < -0.4 is 20.6 Å². The van der Waals surface area contributed by atoms with Crippen LogP contribution in [0.25, 0.3) is 0 Å². The van der Waals surface area contributed by atoms with Gasteiger partial charge in [0.1, 0.15) is 12.4 Å². The maximum atomic E-state index is 10.3. The number of carboxylic acids is 1. The van der Waals surface area contributed by atoms with Gasteiger partial charge in [-0.3, -0.25) is 5.43 Å². The smallest absolute Gasteiger partial charge is 0.187 e. The SMILES string of the molecule is O=C([O-])COc1ccc(/C=N\NC(=S)NC[C@H]2CCCO2)cc1. The minimum absolute atomic E-state index is 0.215. The lowest BCUT2D eigenvalue weighted by Crippen LogP contribution is -2.37. The number of benzene rings is 1. The van der Waals surface area contributed by atoms with Crippen LogP contribution in [0, 0.1) is 0 Å². The molecule has 8 heteroatoms. The number of ether oxygens (including phenoxy) is 2. The predicted octanol–water partition coefficient (Wildman–Crippen LogP) is -0.208. The number of hydrogen-bond acceptors (Lipinski definition) is 6. The molecule has 1 atom stereocenters. The molecule has 0 unspecified atom stereocenters. The zero-order valence-corrected chi connectivity index (χ0v) is 13.3. The number of hydrogen-bond donors (Lipinski definition) is 2. The quantitative estimate of drug-likeness (QED) is 0.404. The number of nitrogens with zero attached hydrogens (tertiary/aromatic N) is 1. The number of rotatable bonds is 7. The second kappa shape index (κ2) is 9.06. The molecule has 1 fully saturated rings. The first kappa shape index (κ1) is 17.2. The summed E-state index contributed by atoms with van der Waals surface area (Å²) in [5, 5.41) is 17.8. The lowest BCUT2D eigenvalue weighted by atomic mass is 10.2. The Morgan fingerprint density at radius 3 is 2.91 bits per heavy atom. The van der Waals surface area contributed by atoms with Gasteiger partial charge in [0.25, 0.3) is 0 Å². The standard InChI is InChI=1S/C15H19N3O4S/c19-14(20)10-22-12-5-3-11(4-6-12)8-17-18-15(23)16-9-13-2-1-7-21-13/h3-6,8,13H,1-2,7,9-10H2,(H,19,20)(H2,16,18,23)/p-1/b17-8-/t13-/m1/s1. The summed E-state index contributed by atoms with van der Waals surface area (Å²) in [7, 11) is 0. The molecule has 1 heterocycles. The molecule has 7 nitrogen and oxygen atoms in total. The molecule has 2 N–H and O–H groups in total. The number of nitrogens with one attached hydrogen (secondary N) is 2. The van der Waals surface area contributed by atoms with Gasteiger partial charge < -0.3 is 24.7 Å². The van der Waals surface area contributed by atoms with E-state index in [1.165, 1.54) is 0 Å². The summed E-state index contributed by atoms with van der Waals surface area (Å²) in [6.07, 6.45) is 3.95. The van der Waals surface area contributed by atoms with Crippen LogP contribution in [0.15, 0.2) is 29.4 Å². The highest BCUT2D eigenvalue weighted by molar-refractivity contribution is 7.80. The molecule has 0 amide bonds. The van der Waals surface area contributed by atoms with Crippen LogP contribution >= 0.6 is 12.2 Å². The van der Waals surface area contributed by atoms with Crippen LogP contribution in [0.4, 0.5) is 0 Å². The Balaban J connectivity index is 1.69. The zero-order valence-electron chi connectivity index (χ0n) is 12.5. The topological polar surface area (TPSA) is 95.0 Å². The van der Waals surface area contributed by atoms with Gasteiger partial charge in [0.05, 0.1) is 18.3 Å². The minimum atomic E-state index is -1.26. The van der Waals surface area contributed by atoms with E-state index >= 15 is 0 Å².